The maximum absolute atomic E-state index is 12.8. The standard InChI is InChI=1S/C24H26N4O4/c1-3-31-20-10-9-16(13-21(20)32-4-2)11-12-25-22(29)15-28-24(30)23-18(14-26-28)17-7-5-6-8-19(17)27-23/h5-10,13-14,27H,3-4,11-12,15H2,1-2H3,(H,25,29). The third-order valence-corrected chi connectivity index (χ3v) is 5.16. The van der Waals surface area contributed by atoms with Gasteiger partial charge in [-0.25, -0.2) is 4.68 Å². The highest BCUT2D eigenvalue weighted by atomic mass is 16.5. The molecule has 0 saturated carbocycles. The number of hydrogen-bond donors (Lipinski definition) is 2. The Balaban J connectivity index is 1.39. The van der Waals surface area contributed by atoms with Gasteiger partial charge in [0.15, 0.2) is 11.5 Å². The quantitative estimate of drug-likeness (QED) is 0.422. The zero-order valence-electron chi connectivity index (χ0n) is 18.2. The SMILES string of the molecule is CCOc1ccc(CCNC(=O)Cn2ncc3c([nH]c4ccccc43)c2=O)cc1OCC. The van der Waals surface area contributed by atoms with Gasteiger partial charge in [-0.2, -0.15) is 5.10 Å². The highest BCUT2D eigenvalue weighted by Crippen LogP contribution is 2.28. The molecule has 0 bridgehead atoms. The molecule has 4 rings (SSSR count). The monoisotopic (exact) mass is 434 g/mol. The number of hydrogen-bond acceptors (Lipinski definition) is 5. The summed E-state index contributed by atoms with van der Waals surface area (Å²) in [5.74, 6) is 1.13. The number of aromatic nitrogens is 3. The average molecular weight is 434 g/mol. The van der Waals surface area contributed by atoms with Crippen LogP contribution in [0.3, 0.4) is 0 Å². The maximum atomic E-state index is 12.8. The van der Waals surface area contributed by atoms with Crippen LogP contribution in [0.4, 0.5) is 0 Å². The molecule has 4 aromatic rings. The lowest BCUT2D eigenvalue weighted by Crippen LogP contribution is -2.34. The van der Waals surface area contributed by atoms with Crippen molar-refractivity contribution in [3.05, 3.63) is 64.6 Å². The Bertz CT molecular complexity index is 1310. The third-order valence-electron chi connectivity index (χ3n) is 5.16. The molecule has 0 saturated heterocycles. The second-order valence-corrected chi connectivity index (χ2v) is 7.31. The number of nitrogens with one attached hydrogen (secondary N) is 2. The second-order valence-electron chi connectivity index (χ2n) is 7.31. The van der Waals surface area contributed by atoms with Gasteiger partial charge >= 0.3 is 0 Å². The topological polar surface area (TPSA) is 98.2 Å². The molecule has 0 aliphatic carbocycles. The Labute approximate surface area is 185 Å². The van der Waals surface area contributed by atoms with Crippen LogP contribution in [0.25, 0.3) is 21.8 Å². The molecular weight excluding hydrogens is 408 g/mol. The van der Waals surface area contributed by atoms with Crippen LogP contribution in [0.2, 0.25) is 0 Å². The van der Waals surface area contributed by atoms with Crippen LogP contribution in [-0.4, -0.2) is 40.4 Å². The number of rotatable bonds is 9. The number of para-hydroxylation sites is 1. The van der Waals surface area contributed by atoms with Gasteiger partial charge in [-0.3, -0.25) is 9.59 Å². The van der Waals surface area contributed by atoms with Crippen LogP contribution in [0.5, 0.6) is 11.5 Å². The largest absolute Gasteiger partial charge is 0.490 e. The van der Waals surface area contributed by atoms with Gasteiger partial charge in [-0.1, -0.05) is 24.3 Å². The molecule has 8 nitrogen and oxygen atoms in total. The van der Waals surface area contributed by atoms with Crippen molar-refractivity contribution in [3.63, 3.8) is 0 Å². The van der Waals surface area contributed by atoms with Gasteiger partial charge in [-0.15, -0.1) is 0 Å². The number of amides is 1. The first-order valence-electron chi connectivity index (χ1n) is 10.7. The Morgan fingerprint density at radius 1 is 1.06 bits per heavy atom. The molecule has 8 heteroatoms. The lowest BCUT2D eigenvalue weighted by atomic mass is 10.1. The zero-order valence-corrected chi connectivity index (χ0v) is 18.2. The Morgan fingerprint density at radius 3 is 2.66 bits per heavy atom. The number of fused-ring (bicyclic) bond motifs is 3. The predicted molar refractivity (Wildman–Crippen MR) is 123 cm³/mol. The molecule has 1 amide bonds. The van der Waals surface area contributed by atoms with Crippen molar-refractivity contribution in [1.29, 1.82) is 0 Å². The first-order chi connectivity index (χ1) is 15.6. The van der Waals surface area contributed by atoms with Crippen LogP contribution in [0.1, 0.15) is 19.4 Å². The molecule has 0 unspecified atom stereocenters. The van der Waals surface area contributed by atoms with Crippen LogP contribution >= 0.6 is 0 Å². The van der Waals surface area contributed by atoms with Gasteiger partial charge < -0.3 is 19.8 Å². The summed E-state index contributed by atoms with van der Waals surface area (Å²) in [4.78, 5) is 28.3. The Kier molecular flexibility index (Phi) is 6.39. The van der Waals surface area contributed by atoms with Crippen LogP contribution in [0, 0.1) is 0 Å². The van der Waals surface area contributed by atoms with Gasteiger partial charge in [0.05, 0.1) is 19.4 Å². The van der Waals surface area contributed by atoms with Crippen molar-refractivity contribution in [2.75, 3.05) is 19.8 Å². The summed E-state index contributed by atoms with van der Waals surface area (Å²) in [6.45, 7) is 5.25. The Morgan fingerprint density at radius 2 is 1.84 bits per heavy atom. The van der Waals surface area contributed by atoms with Gasteiger partial charge in [-0.05, 0) is 44.0 Å². The minimum Gasteiger partial charge on any atom is -0.490 e. The fraction of sp³-hybridized carbons (Fsp3) is 0.292. The van der Waals surface area contributed by atoms with E-state index < -0.39 is 0 Å². The highest BCUT2D eigenvalue weighted by Gasteiger charge is 2.12. The minimum atomic E-state index is -0.318. The molecule has 166 valence electrons. The van der Waals surface area contributed by atoms with Crippen molar-refractivity contribution in [2.45, 2.75) is 26.8 Å². The van der Waals surface area contributed by atoms with Crippen LogP contribution in [-0.2, 0) is 17.8 Å². The van der Waals surface area contributed by atoms with Gasteiger partial charge in [0.25, 0.3) is 5.56 Å². The molecule has 0 aliphatic rings. The van der Waals surface area contributed by atoms with Gasteiger partial charge in [0, 0.05) is 22.8 Å². The number of nitrogens with zero attached hydrogens (tertiary/aromatic N) is 2. The summed E-state index contributed by atoms with van der Waals surface area (Å²) in [6.07, 6.45) is 2.25. The molecule has 0 spiro atoms. The predicted octanol–water partition coefficient (Wildman–Crippen LogP) is 3.03. The molecule has 0 fully saturated rings. The average Bonchev–Trinajstić information content (AvgIpc) is 3.17. The van der Waals surface area contributed by atoms with E-state index in [9.17, 15) is 9.59 Å². The zero-order chi connectivity index (χ0) is 22.5. The van der Waals surface area contributed by atoms with E-state index in [0.717, 1.165) is 21.9 Å². The van der Waals surface area contributed by atoms with E-state index in [1.807, 2.05) is 56.3 Å². The van der Waals surface area contributed by atoms with Crippen molar-refractivity contribution in [3.8, 4) is 11.5 Å². The summed E-state index contributed by atoms with van der Waals surface area (Å²) in [6, 6.07) is 13.4. The fourth-order valence-corrected chi connectivity index (χ4v) is 3.68. The van der Waals surface area contributed by atoms with E-state index in [4.69, 9.17) is 9.47 Å². The molecule has 0 radical (unpaired) electrons. The molecule has 2 aromatic carbocycles. The van der Waals surface area contributed by atoms with E-state index in [0.29, 0.717) is 43.2 Å². The van der Waals surface area contributed by atoms with Crippen molar-refractivity contribution >= 4 is 27.7 Å². The van der Waals surface area contributed by atoms with Crippen molar-refractivity contribution in [1.82, 2.24) is 20.1 Å². The summed E-state index contributed by atoms with van der Waals surface area (Å²) in [5.41, 5.74) is 2.02. The lowest BCUT2D eigenvalue weighted by molar-refractivity contribution is -0.121. The third kappa shape index (κ3) is 4.44. The summed E-state index contributed by atoms with van der Waals surface area (Å²) >= 11 is 0. The first-order valence-corrected chi connectivity index (χ1v) is 10.7. The molecule has 2 N–H and O–H groups in total. The molecule has 0 aliphatic heterocycles. The van der Waals surface area contributed by atoms with E-state index in [1.54, 1.807) is 6.20 Å². The van der Waals surface area contributed by atoms with E-state index in [-0.39, 0.29) is 18.0 Å². The summed E-state index contributed by atoms with van der Waals surface area (Å²) in [5, 5.41) is 8.73. The molecule has 2 aromatic heterocycles. The summed E-state index contributed by atoms with van der Waals surface area (Å²) in [7, 11) is 0. The fourth-order valence-electron chi connectivity index (χ4n) is 3.68. The van der Waals surface area contributed by atoms with Crippen molar-refractivity contribution in [2.24, 2.45) is 0 Å². The van der Waals surface area contributed by atoms with Crippen LogP contribution < -0.4 is 20.3 Å². The summed E-state index contributed by atoms with van der Waals surface area (Å²) < 4.78 is 12.4. The number of carbonyl (C=O) groups excluding carboxylic acids is 1. The van der Waals surface area contributed by atoms with E-state index in [2.05, 4.69) is 15.4 Å². The molecular formula is C24H26N4O4. The molecule has 2 heterocycles. The molecule has 0 atom stereocenters. The number of carbonyl (C=O) groups is 1. The first kappa shape index (κ1) is 21.4. The normalized spacial score (nSPS) is 11.1. The van der Waals surface area contributed by atoms with Crippen LogP contribution in [0.15, 0.2) is 53.5 Å². The second kappa shape index (κ2) is 9.55. The van der Waals surface area contributed by atoms with E-state index >= 15 is 0 Å². The molecule has 32 heavy (non-hydrogen) atoms. The Hall–Kier alpha value is -3.81. The van der Waals surface area contributed by atoms with Gasteiger partial charge in [0.2, 0.25) is 5.91 Å². The minimum absolute atomic E-state index is 0.141. The number of ether oxygens (including phenoxy) is 2. The number of benzene rings is 2. The lowest BCUT2D eigenvalue weighted by Gasteiger charge is -2.12. The van der Waals surface area contributed by atoms with Gasteiger partial charge in [0.1, 0.15) is 12.1 Å². The van der Waals surface area contributed by atoms with E-state index in [1.165, 1.54) is 4.68 Å². The number of H-pyrrole nitrogens is 1. The number of aromatic amines is 1. The maximum Gasteiger partial charge on any atom is 0.291 e. The highest BCUT2D eigenvalue weighted by molar-refractivity contribution is 6.06. The smallest absolute Gasteiger partial charge is 0.291 e. The van der Waals surface area contributed by atoms with Crippen molar-refractivity contribution < 1.29 is 14.3 Å².